The molecule has 1 nitrogen and oxygen atoms in total. The third kappa shape index (κ3) is 3.14. The van der Waals surface area contributed by atoms with Gasteiger partial charge in [-0.25, -0.2) is 4.39 Å². The zero-order valence-corrected chi connectivity index (χ0v) is 11.8. The number of benzene rings is 2. The highest BCUT2D eigenvalue weighted by Gasteiger charge is 2.16. The number of hydrogen-bond donors (Lipinski definition) is 1. The molecule has 0 amide bonds. The van der Waals surface area contributed by atoms with E-state index in [1.807, 2.05) is 12.1 Å². The molecule has 0 bridgehead atoms. The van der Waals surface area contributed by atoms with Crippen LogP contribution < -0.4 is 5.32 Å². The van der Waals surface area contributed by atoms with Crippen molar-refractivity contribution >= 4 is 11.6 Å². The summed E-state index contributed by atoms with van der Waals surface area (Å²) in [5.41, 5.74) is 3.36. The van der Waals surface area contributed by atoms with E-state index in [1.54, 1.807) is 12.1 Å². The molecule has 0 fully saturated rings. The standard InChI is InChI=1S/C16H17ClFN/c1-3-19-16(13-7-5-4-6-11(13)2)12-8-9-15(18)14(17)10-12/h4-10,16,19H,3H2,1-2H3. The number of halogens is 2. The minimum atomic E-state index is -0.384. The normalized spacial score (nSPS) is 12.4. The van der Waals surface area contributed by atoms with Gasteiger partial charge in [-0.3, -0.25) is 0 Å². The Balaban J connectivity index is 2.45. The Morgan fingerprint density at radius 2 is 1.95 bits per heavy atom. The maximum atomic E-state index is 13.3. The first-order valence-electron chi connectivity index (χ1n) is 6.37. The molecule has 0 aliphatic heterocycles. The van der Waals surface area contributed by atoms with Crippen molar-refractivity contribution in [3.05, 3.63) is 70.0 Å². The van der Waals surface area contributed by atoms with E-state index in [1.165, 1.54) is 17.2 Å². The highest BCUT2D eigenvalue weighted by molar-refractivity contribution is 6.30. The van der Waals surface area contributed by atoms with Crippen molar-refractivity contribution in [2.75, 3.05) is 6.54 Å². The van der Waals surface area contributed by atoms with Gasteiger partial charge >= 0.3 is 0 Å². The minimum Gasteiger partial charge on any atom is -0.307 e. The molecule has 2 rings (SSSR count). The Bertz CT molecular complexity index is 568. The second-order valence-electron chi connectivity index (χ2n) is 4.52. The minimum absolute atomic E-state index is 0.0318. The lowest BCUT2D eigenvalue weighted by Crippen LogP contribution is -2.22. The highest BCUT2D eigenvalue weighted by atomic mass is 35.5. The fourth-order valence-corrected chi connectivity index (χ4v) is 2.40. The van der Waals surface area contributed by atoms with Crippen LogP contribution in [0.1, 0.15) is 29.7 Å². The predicted molar refractivity (Wildman–Crippen MR) is 78.1 cm³/mol. The van der Waals surface area contributed by atoms with Crippen LogP contribution in [0.2, 0.25) is 5.02 Å². The second-order valence-corrected chi connectivity index (χ2v) is 4.93. The molecule has 0 radical (unpaired) electrons. The van der Waals surface area contributed by atoms with Gasteiger partial charge in [-0.15, -0.1) is 0 Å². The molecule has 2 aromatic rings. The van der Waals surface area contributed by atoms with Gasteiger partial charge in [0.05, 0.1) is 11.1 Å². The Hall–Kier alpha value is -1.38. The number of rotatable bonds is 4. The molecule has 2 aromatic carbocycles. The Morgan fingerprint density at radius 1 is 1.21 bits per heavy atom. The summed E-state index contributed by atoms with van der Waals surface area (Å²) in [7, 11) is 0. The first-order valence-corrected chi connectivity index (χ1v) is 6.75. The van der Waals surface area contributed by atoms with Crippen molar-refractivity contribution in [2.45, 2.75) is 19.9 Å². The molecule has 0 saturated heterocycles. The van der Waals surface area contributed by atoms with Crippen molar-refractivity contribution in [1.82, 2.24) is 5.32 Å². The van der Waals surface area contributed by atoms with Gasteiger partial charge in [0.1, 0.15) is 5.82 Å². The average molecular weight is 278 g/mol. The molecule has 0 aliphatic rings. The van der Waals surface area contributed by atoms with Crippen LogP contribution in [-0.2, 0) is 0 Å². The number of aryl methyl sites for hydroxylation is 1. The Kier molecular flexibility index (Phi) is 4.56. The maximum absolute atomic E-state index is 13.3. The van der Waals surface area contributed by atoms with E-state index in [9.17, 15) is 4.39 Å². The van der Waals surface area contributed by atoms with E-state index < -0.39 is 0 Å². The van der Waals surface area contributed by atoms with Crippen LogP contribution in [-0.4, -0.2) is 6.54 Å². The van der Waals surface area contributed by atoms with Crippen LogP contribution in [0.3, 0.4) is 0 Å². The van der Waals surface area contributed by atoms with Crippen molar-refractivity contribution in [1.29, 1.82) is 0 Å². The van der Waals surface area contributed by atoms with Crippen LogP contribution in [0.25, 0.3) is 0 Å². The molecule has 0 aromatic heterocycles. The van der Waals surface area contributed by atoms with E-state index in [0.717, 1.165) is 12.1 Å². The molecule has 1 atom stereocenters. The predicted octanol–water partition coefficient (Wildman–Crippen LogP) is 4.49. The number of hydrogen-bond acceptors (Lipinski definition) is 1. The Labute approximate surface area is 118 Å². The van der Waals surface area contributed by atoms with Gasteiger partial charge in [0.15, 0.2) is 0 Å². The molecule has 1 N–H and O–H groups in total. The van der Waals surface area contributed by atoms with Crippen LogP contribution in [0.15, 0.2) is 42.5 Å². The molecular formula is C16H17ClFN. The quantitative estimate of drug-likeness (QED) is 0.868. The molecule has 0 saturated carbocycles. The summed E-state index contributed by atoms with van der Waals surface area (Å²) in [6.07, 6.45) is 0. The fourth-order valence-electron chi connectivity index (χ4n) is 2.21. The second kappa shape index (κ2) is 6.18. The summed E-state index contributed by atoms with van der Waals surface area (Å²) in [5.74, 6) is -0.384. The molecule has 1 unspecified atom stereocenters. The molecule has 0 heterocycles. The van der Waals surface area contributed by atoms with Crippen molar-refractivity contribution in [3.63, 3.8) is 0 Å². The summed E-state index contributed by atoms with van der Waals surface area (Å²) in [6, 6.07) is 13.1. The molecule has 0 spiro atoms. The maximum Gasteiger partial charge on any atom is 0.141 e. The van der Waals surface area contributed by atoms with Gasteiger partial charge in [-0.2, -0.15) is 0 Å². The van der Waals surface area contributed by atoms with Gasteiger partial charge < -0.3 is 5.32 Å². The summed E-state index contributed by atoms with van der Waals surface area (Å²) >= 11 is 5.88. The van der Waals surface area contributed by atoms with E-state index in [4.69, 9.17) is 11.6 Å². The molecule has 3 heteroatoms. The zero-order valence-electron chi connectivity index (χ0n) is 11.1. The summed E-state index contributed by atoms with van der Waals surface area (Å²) < 4.78 is 13.3. The van der Waals surface area contributed by atoms with Gasteiger partial charge in [0.25, 0.3) is 0 Å². The van der Waals surface area contributed by atoms with E-state index in [0.29, 0.717) is 0 Å². The molecular weight excluding hydrogens is 261 g/mol. The smallest absolute Gasteiger partial charge is 0.141 e. The summed E-state index contributed by atoms with van der Waals surface area (Å²) in [4.78, 5) is 0. The van der Waals surface area contributed by atoms with Gasteiger partial charge in [-0.1, -0.05) is 48.9 Å². The number of nitrogens with one attached hydrogen (secondary N) is 1. The van der Waals surface area contributed by atoms with Gasteiger partial charge in [-0.05, 0) is 42.3 Å². The molecule has 19 heavy (non-hydrogen) atoms. The lowest BCUT2D eigenvalue weighted by Gasteiger charge is -2.21. The zero-order chi connectivity index (χ0) is 13.8. The van der Waals surface area contributed by atoms with Crippen molar-refractivity contribution < 1.29 is 4.39 Å². The lowest BCUT2D eigenvalue weighted by molar-refractivity contribution is 0.612. The summed E-state index contributed by atoms with van der Waals surface area (Å²) in [6.45, 7) is 4.95. The van der Waals surface area contributed by atoms with Crippen molar-refractivity contribution in [2.24, 2.45) is 0 Å². The third-order valence-electron chi connectivity index (χ3n) is 3.18. The van der Waals surface area contributed by atoms with Gasteiger partial charge in [0.2, 0.25) is 0 Å². The van der Waals surface area contributed by atoms with Crippen LogP contribution in [0.4, 0.5) is 4.39 Å². The SMILES string of the molecule is CCNC(c1ccc(F)c(Cl)c1)c1ccccc1C. The van der Waals surface area contributed by atoms with E-state index >= 15 is 0 Å². The first kappa shape index (κ1) is 14.0. The topological polar surface area (TPSA) is 12.0 Å². The van der Waals surface area contributed by atoms with Crippen molar-refractivity contribution in [3.8, 4) is 0 Å². The largest absolute Gasteiger partial charge is 0.307 e. The van der Waals surface area contributed by atoms with E-state index in [2.05, 4.69) is 31.3 Å². The van der Waals surface area contributed by atoms with Crippen LogP contribution in [0, 0.1) is 12.7 Å². The first-order chi connectivity index (χ1) is 9.13. The molecule has 100 valence electrons. The van der Waals surface area contributed by atoms with Gasteiger partial charge in [0, 0.05) is 0 Å². The van der Waals surface area contributed by atoms with E-state index in [-0.39, 0.29) is 16.9 Å². The fraction of sp³-hybridized carbons (Fsp3) is 0.250. The monoisotopic (exact) mass is 277 g/mol. The highest BCUT2D eigenvalue weighted by Crippen LogP contribution is 2.27. The third-order valence-corrected chi connectivity index (χ3v) is 3.47. The van der Waals surface area contributed by atoms with Crippen LogP contribution in [0.5, 0.6) is 0 Å². The lowest BCUT2D eigenvalue weighted by atomic mass is 9.95. The van der Waals surface area contributed by atoms with Crippen LogP contribution >= 0.6 is 11.6 Å². The summed E-state index contributed by atoms with van der Waals surface area (Å²) in [5, 5.41) is 3.58. The average Bonchev–Trinajstić information content (AvgIpc) is 2.40. The molecule has 0 aliphatic carbocycles. The Morgan fingerprint density at radius 3 is 2.58 bits per heavy atom.